The number of halogens is 3. The molecule has 0 atom stereocenters. The second kappa shape index (κ2) is 7.15. The van der Waals surface area contributed by atoms with Gasteiger partial charge in [-0.05, 0) is 29.8 Å². The second-order valence-corrected chi connectivity index (χ2v) is 6.37. The highest BCUT2D eigenvalue weighted by atomic mass is 79.9. The van der Waals surface area contributed by atoms with Gasteiger partial charge in [0.1, 0.15) is 11.6 Å². The minimum absolute atomic E-state index is 0.0616. The highest BCUT2D eigenvalue weighted by molar-refractivity contribution is 9.10. The summed E-state index contributed by atoms with van der Waals surface area (Å²) in [7, 11) is 0. The molecule has 2 aromatic carbocycles. The Kier molecular flexibility index (Phi) is 4.97. The van der Waals surface area contributed by atoms with Crippen molar-refractivity contribution >= 4 is 39.3 Å². The van der Waals surface area contributed by atoms with Crippen LogP contribution in [0.4, 0.5) is 10.2 Å². The zero-order valence-corrected chi connectivity index (χ0v) is 14.7. The lowest BCUT2D eigenvalue weighted by Gasteiger charge is -2.10. The van der Waals surface area contributed by atoms with Crippen molar-refractivity contribution < 1.29 is 9.18 Å². The Bertz CT molecular complexity index is 860. The predicted octanol–water partition coefficient (Wildman–Crippen LogP) is 4.74. The molecule has 0 saturated carbocycles. The molecule has 0 aliphatic rings. The molecule has 0 saturated heterocycles. The summed E-state index contributed by atoms with van der Waals surface area (Å²) in [6, 6.07) is 13.5. The molecule has 3 aromatic rings. The third kappa shape index (κ3) is 3.66. The van der Waals surface area contributed by atoms with E-state index in [9.17, 15) is 9.18 Å². The summed E-state index contributed by atoms with van der Waals surface area (Å²) in [6.07, 6.45) is 1.57. The Morgan fingerprint density at radius 3 is 2.67 bits per heavy atom. The fraction of sp³-hybridized carbons (Fsp3) is 0.0588. The first kappa shape index (κ1) is 16.7. The first-order chi connectivity index (χ1) is 11.5. The van der Waals surface area contributed by atoms with Gasteiger partial charge in [-0.3, -0.25) is 4.79 Å². The smallest absolute Gasteiger partial charge is 0.261 e. The van der Waals surface area contributed by atoms with Crippen molar-refractivity contribution in [3.8, 4) is 0 Å². The molecule has 1 N–H and O–H groups in total. The molecule has 0 unspecified atom stereocenters. The van der Waals surface area contributed by atoms with Gasteiger partial charge in [-0.15, -0.1) is 0 Å². The van der Waals surface area contributed by atoms with Crippen LogP contribution in [0.1, 0.15) is 15.9 Å². The van der Waals surface area contributed by atoms with Crippen molar-refractivity contribution in [3.63, 3.8) is 0 Å². The van der Waals surface area contributed by atoms with Crippen molar-refractivity contribution in [1.29, 1.82) is 0 Å². The van der Waals surface area contributed by atoms with Crippen molar-refractivity contribution in [2.24, 2.45) is 0 Å². The highest BCUT2D eigenvalue weighted by Crippen LogP contribution is 2.21. The average molecular weight is 409 g/mol. The molecule has 0 bridgehead atoms. The lowest BCUT2D eigenvalue weighted by atomic mass is 10.2. The largest absolute Gasteiger partial charge is 0.307 e. The van der Waals surface area contributed by atoms with Crippen molar-refractivity contribution in [1.82, 2.24) is 9.78 Å². The van der Waals surface area contributed by atoms with Gasteiger partial charge >= 0.3 is 0 Å². The zero-order valence-electron chi connectivity index (χ0n) is 12.3. The number of anilines is 1. The van der Waals surface area contributed by atoms with E-state index < -0.39 is 11.7 Å². The number of nitrogens with one attached hydrogen (secondary N) is 1. The number of aromatic nitrogens is 2. The Hall–Kier alpha value is -2.18. The predicted molar refractivity (Wildman–Crippen MR) is 94.8 cm³/mol. The summed E-state index contributed by atoms with van der Waals surface area (Å²) < 4.78 is 16.4. The second-order valence-electron chi connectivity index (χ2n) is 5.05. The average Bonchev–Trinajstić information content (AvgIpc) is 2.96. The maximum absolute atomic E-state index is 13.8. The molecule has 0 radical (unpaired) electrons. The molecule has 0 spiro atoms. The van der Waals surface area contributed by atoms with Crippen LogP contribution >= 0.6 is 27.5 Å². The Morgan fingerprint density at radius 1 is 1.21 bits per heavy atom. The SMILES string of the molecule is O=C(Nc1ccnn1Cc1ccc(Br)cc1)c1c(F)cccc1Cl. The molecular formula is C17H12BrClFN3O. The van der Waals surface area contributed by atoms with Gasteiger partial charge in [0.05, 0.1) is 23.3 Å². The van der Waals surface area contributed by atoms with Crippen molar-refractivity contribution in [3.05, 3.63) is 81.2 Å². The van der Waals surface area contributed by atoms with Crippen LogP contribution in [0.5, 0.6) is 0 Å². The molecule has 7 heteroatoms. The topological polar surface area (TPSA) is 46.9 Å². The normalized spacial score (nSPS) is 10.6. The molecule has 122 valence electrons. The van der Waals surface area contributed by atoms with Crippen LogP contribution in [0.2, 0.25) is 5.02 Å². The van der Waals surface area contributed by atoms with E-state index in [0.717, 1.165) is 10.0 Å². The maximum Gasteiger partial charge on any atom is 0.261 e. The first-order valence-electron chi connectivity index (χ1n) is 7.06. The summed E-state index contributed by atoms with van der Waals surface area (Å²) in [4.78, 5) is 12.3. The van der Waals surface area contributed by atoms with Crippen LogP contribution < -0.4 is 5.32 Å². The number of hydrogen-bond donors (Lipinski definition) is 1. The lowest BCUT2D eigenvalue weighted by Crippen LogP contribution is -2.18. The standard InChI is InChI=1S/C17H12BrClFN3O/c18-12-6-4-11(5-7-12)10-23-15(8-9-21-23)22-17(24)16-13(19)2-1-3-14(16)20/h1-9H,10H2,(H,22,24). The fourth-order valence-corrected chi connectivity index (χ4v) is 2.73. The van der Waals surface area contributed by atoms with Crippen molar-refractivity contribution in [2.45, 2.75) is 6.54 Å². The molecule has 3 rings (SSSR count). The molecule has 0 aliphatic heterocycles. The van der Waals surface area contributed by atoms with E-state index in [-0.39, 0.29) is 10.6 Å². The maximum atomic E-state index is 13.8. The van der Waals surface area contributed by atoms with E-state index in [1.807, 2.05) is 24.3 Å². The summed E-state index contributed by atoms with van der Waals surface area (Å²) >= 11 is 9.30. The van der Waals surface area contributed by atoms with Gasteiger partial charge in [0, 0.05) is 10.5 Å². The fourth-order valence-electron chi connectivity index (χ4n) is 2.22. The van der Waals surface area contributed by atoms with E-state index in [1.165, 1.54) is 18.2 Å². The number of carbonyl (C=O) groups excluding carboxylic acids is 1. The van der Waals surface area contributed by atoms with Gasteiger partial charge in [-0.2, -0.15) is 5.10 Å². The minimum atomic E-state index is -0.668. The van der Waals surface area contributed by atoms with E-state index >= 15 is 0 Å². The third-order valence-corrected chi connectivity index (χ3v) is 4.24. The first-order valence-corrected chi connectivity index (χ1v) is 8.23. The van der Waals surface area contributed by atoms with Crippen LogP contribution in [0.15, 0.2) is 59.2 Å². The number of amides is 1. The van der Waals surface area contributed by atoms with Gasteiger partial charge < -0.3 is 5.32 Å². The van der Waals surface area contributed by atoms with Crippen LogP contribution in [-0.4, -0.2) is 15.7 Å². The molecule has 1 amide bonds. The molecule has 0 aliphatic carbocycles. The number of carbonyl (C=O) groups is 1. The summed E-state index contributed by atoms with van der Waals surface area (Å²) in [5, 5.41) is 6.90. The van der Waals surface area contributed by atoms with Crippen LogP contribution in [0.25, 0.3) is 0 Å². The number of rotatable bonds is 4. The highest BCUT2D eigenvalue weighted by Gasteiger charge is 2.17. The molecule has 4 nitrogen and oxygen atoms in total. The number of nitrogens with zero attached hydrogens (tertiary/aromatic N) is 2. The van der Waals surface area contributed by atoms with Crippen LogP contribution in [-0.2, 0) is 6.54 Å². The van der Waals surface area contributed by atoms with E-state index in [1.54, 1.807) is 16.9 Å². The summed E-state index contributed by atoms with van der Waals surface area (Å²) in [6.45, 7) is 0.473. The summed E-state index contributed by atoms with van der Waals surface area (Å²) in [5.74, 6) is -0.822. The Morgan fingerprint density at radius 2 is 1.96 bits per heavy atom. The van der Waals surface area contributed by atoms with Gasteiger partial charge in [-0.1, -0.05) is 45.7 Å². The van der Waals surface area contributed by atoms with Gasteiger partial charge in [-0.25, -0.2) is 9.07 Å². The minimum Gasteiger partial charge on any atom is -0.307 e. The van der Waals surface area contributed by atoms with Gasteiger partial charge in [0.25, 0.3) is 5.91 Å². The molecule has 0 fully saturated rings. The lowest BCUT2D eigenvalue weighted by molar-refractivity contribution is 0.102. The van der Waals surface area contributed by atoms with Crippen LogP contribution in [0, 0.1) is 5.82 Å². The number of hydrogen-bond acceptors (Lipinski definition) is 2. The Balaban J connectivity index is 1.80. The summed E-state index contributed by atoms with van der Waals surface area (Å²) in [5.41, 5.74) is 0.830. The molecule has 24 heavy (non-hydrogen) atoms. The van der Waals surface area contributed by atoms with Gasteiger partial charge in [0.15, 0.2) is 0 Å². The van der Waals surface area contributed by atoms with Gasteiger partial charge in [0.2, 0.25) is 0 Å². The Labute approximate surface area is 151 Å². The quantitative estimate of drug-likeness (QED) is 0.678. The van der Waals surface area contributed by atoms with Crippen molar-refractivity contribution in [2.75, 3.05) is 5.32 Å². The monoisotopic (exact) mass is 407 g/mol. The third-order valence-electron chi connectivity index (χ3n) is 3.39. The van der Waals surface area contributed by atoms with E-state index in [2.05, 4.69) is 26.3 Å². The van der Waals surface area contributed by atoms with E-state index in [4.69, 9.17) is 11.6 Å². The molecule has 1 aromatic heterocycles. The van der Waals surface area contributed by atoms with Crippen LogP contribution in [0.3, 0.4) is 0 Å². The zero-order chi connectivity index (χ0) is 17.1. The van der Waals surface area contributed by atoms with E-state index in [0.29, 0.717) is 12.4 Å². The molecule has 1 heterocycles. The number of benzene rings is 2. The molecular weight excluding hydrogens is 397 g/mol.